The van der Waals surface area contributed by atoms with Crippen LogP contribution in [0.5, 0.6) is 0 Å². The van der Waals surface area contributed by atoms with Crippen LogP contribution < -0.4 is 0 Å². The number of hydrogen-bond donors (Lipinski definition) is 2. The van der Waals surface area contributed by atoms with Gasteiger partial charge in [-0.05, 0) is 6.92 Å². The second kappa shape index (κ2) is 4.94. The Morgan fingerprint density at radius 2 is 2.09 bits per heavy atom. The van der Waals surface area contributed by atoms with Gasteiger partial charge in [0.05, 0.1) is 10.9 Å². The summed E-state index contributed by atoms with van der Waals surface area (Å²) >= 11 is 6.32. The van der Waals surface area contributed by atoms with E-state index in [-0.39, 0.29) is 4.83 Å². The Hall–Kier alpha value is 1.07. The maximum absolute atomic E-state index is 10.3. The molecule has 0 spiro atoms. The molecule has 0 bridgehead atoms. The quantitative estimate of drug-likeness (QED) is 0.612. The predicted octanol–water partition coefficient (Wildman–Crippen LogP) is 1.64. The standard InChI is InChI=1S/C4H9Br2O4P/c1-3(4(6)2-5)10-11(7,8)9/h3-4H,2H2,1H3,(H2,7,8,9). The molecule has 2 atom stereocenters. The van der Waals surface area contributed by atoms with Crippen LogP contribution in [0.1, 0.15) is 6.92 Å². The van der Waals surface area contributed by atoms with Gasteiger partial charge in [0.15, 0.2) is 0 Å². The third kappa shape index (κ3) is 6.25. The van der Waals surface area contributed by atoms with Gasteiger partial charge >= 0.3 is 7.82 Å². The molecular weight excluding hydrogens is 303 g/mol. The van der Waals surface area contributed by atoms with E-state index >= 15 is 0 Å². The second-order valence-electron chi connectivity index (χ2n) is 1.97. The summed E-state index contributed by atoms with van der Waals surface area (Å²) in [7, 11) is -4.34. The first-order valence-electron chi connectivity index (χ1n) is 2.81. The van der Waals surface area contributed by atoms with Crippen molar-refractivity contribution in [1.29, 1.82) is 0 Å². The molecular formula is C4H9Br2O4P. The molecule has 0 aliphatic heterocycles. The molecule has 0 saturated carbocycles. The van der Waals surface area contributed by atoms with Gasteiger partial charge in [0.25, 0.3) is 0 Å². The third-order valence-corrected chi connectivity index (χ3v) is 4.20. The van der Waals surface area contributed by atoms with Crippen LogP contribution in [0, 0.1) is 0 Å². The molecule has 4 nitrogen and oxygen atoms in total. The zero-order chi connectivity index (χ0) is 9.07. The molecule has 0 aromatic heterocycles. The predicted molar refractivity (Wildman–Crippen MR) is 49.1 cm³/mol. The van der Waals surface area contributed by atoms with Gasteiger partial charge in [0.2, 0.25) is 0 Å². The minimum Gasteiger partial charge on any atom is -0.303 e. The minimum atomic E-state index is -4.34. The van der Waals surface area contributed by atoms with E-state index in [9.17, 15) is 4.57 Å². The molecule has 2 N–H and O–H groups in total. The van der Waals surface area contributed by atoms with Crippen molar-refractivity contribution in [3.8, 4) is 0 Å². The lowest BCUT2D eigenvalue weighted by atomic mass is 10.3. The lowest BCUT2D eigenvalue weighted by Gasteiger charge is -2.16. The lowest BCUT2D eigenvalue weighted by Crippen LogP contribution is -2.20. The van der Waals surface area contributed by atoms with E-state index in [4.69, 9.17) is 9.79 Å². The monoisotopic (exact) mass is 310 g/mol. The topological polar surface area (TPSA) is 66.8 Å². The van der Waals surface area contributed by atoms with Crippen molar-refractivity contribution in [1.82, 2.24) is 0 Å². The van der Waals surface area contributed by atoms with Crippen molar-refractivity contribution in [3.05, 3.63) is 0 Å². The molecule has 0 aromatic rings. The first-order chi connectivity index (χ1) is 4.87. The Balaban J connectivity index is 3.87. The molecule has 0 aliphatic rings. The molecule has 68 valence electrons. The van der Waals surface area contributed by atoms with Crippen LogP contribution in [0.15, 0.2) is 0 Å². The molecule has 0 radical (unpaired) electrons. The molecule has 0 saturated heterocycles. The van der Waals surface area contributed by atoms with Crippen molar-refractivity contribution >= 4 is 39.7 Å². The van der Waals surface area contributed by atoms with Crippen molar-refractivity contribution in [3.63, 3.8) is 0 Å². The smallest absolute Gasteiger partial charge is 0.303 e. The van der Waals surface area contributed by atoms with E-state index in [0.29, 0.717) is 5.33 Å². The van der Waals surface area contributed by atoms with Gasteiger partial charge in [-0.25, -0.2) is 4.57 Å². The Kier molecular flexibility index (Phi) is 5.42. The molecule has 7 heteroatoms. The molecule has 11 heavy (non-hydrogen) atoms. The maximum atomic E-state index is 10.3. The summed E-state index contributed by atoms with van der Waals surface area (Å²) in [5.74, 6) is 0. The summed E-state index contributed by atoms with van der Waals surface area (Å²) in [6.07, 6.45) is -0.518. The van der Waals surface area contributed by atoms with Gasteiger partial charge in [-0.1, -0.05) is 31.9 Å². The van der Waals surface area contributed by atoms with Crippen molar-refractivity contribution in [2.24, 2.45) is 0 Å². The first kappa shape index (κ1) is 12.1. The Morgan fingerprint density at radius 1 is 1.64 bits per heavy atom. The number of alkyl halides is 2. The van der Waals surface area contributed by atoms with Gasteiger partial charge in [-0.15, -0.1) is 0 Å². The van der Waals surface area contributed by atoms with Crippen molar-refractivity contribution < 1.29 is 18.9 Å². The number of rotatable bonds is 4. The van der Waals surface area contributed by atoms with Gasteiger partial charge in [-0.3, -0.25) is 4.52 Å². The van der Waals surface area contributed by atoms with E-state index in [2.05, 4.69) is 36.4 Å². The van der Waals surface area contributed by atoms with E-state index < -0.39 is 13.9 Å². The fraction of sp³-hybridized carbons (Fsp3) is 1.00. The largest absolute Gasteiger partial charge is 0.469 e. The molecule has 0 amide bonds. The van der Waals surface area contributed by atoms with Crippen LogP contribution in [0.2, 0.25) is 0 Å². The highest BCUT2D eigenvalue weighted by molar-refractivity contribution is 9.12. The highest BCUT2D eigenvalue weighted by Gasteiger charge is 2.23. The highest BCUT2D eigenvalue weighted by Crippen LogP contribution is 2.39. The number of phosphoric ester groups is 1. The van der Waals surface area contributed by atoms with Crippen LogP contribution in [0.4, 0.5) is 0 Å². The van der Waals surface area contributed by atoms with Crippen molar-refractivity contribution in [2.45, 2.75) is 17.9 Å². The highest BCUT2D eigenvalue weighted by atomic mass is 79.9. The minimum absolute atomic E-state index is 0.102. The number of hydrogen-bond acceptors (Lipinski definition) is 2. The normalized spacial score (nSPS) is 17.9. The summed E-state index contributed by atoms with van der Waals surface area (Å²) in [5, 5.41) is 0.578. The average Bonchev–Trinajstić information content (AvgIpc) is 1.82. The number of halogens is 2. The molecule has 0 heterocycles. The Labute approximate surface area is 81.8 Å². The molecule has 0 rings (SSSR count). The summed E-state index contributed by atoms with van der Waals surface area (Å²) in [4.78, 5) is 16.7. The van der Waals surface area contributed by atoms with Gasteiger partial charge < -0.3 is 9.79 Å². The molecule has 0 fully saturated rings. The van der Waals surface area contributed by atoms with Crippen LogP contribution in [-0.4, -0.2) is 26.0 Å². The second-order valence-corrected chi connectivity index (χ2v) is 4.99. The van der Waals surface area contributed by atoms with Gasteiger partial charge in [0.1, 0.15) is 0 Å². The first-order valence-corrected chi connectivity index (χ1v) is 6.37. The van der Waals surface area contributed by atoms with Crippen LogP contribution in [0.3, 0.4) is 0 Å². The molecule has 0 aliphatic carbocycles. The van der Waals surface area contributed by atoms with Gasteiger partial charge in [-0.2, -0.15) is 0 Å². The Bertz CT molecular complexity index is 158. The summed E-state index contributed by atoms with van der Waals surface area (Å²) in [5.41, 5.74) is 0. The zero-order valence-electron chi connectivity index (χ0n) is 5.78. The van der Waals surface area contributed by atoms with E-state index in [1.807, 2.05) is 0 Å². The van der Waals surface area contributed by atoms with E-state index in [1.54, 1.807) is 6.92 Å². The fourth-order valence-corrected chi connectivity index (χ4v) is 1.79. The van der Waals surface area contributed by atoms with E-state index in [1.165, 1.54) is 0 Å². The van der Waals surface area contributed by atoms with Gasteiger partial charge in [0, 0.05) is 5.33 Å². The Morgan fingerprint density at radius 3 is 2.36 bits per heavy atom. The van der Waals surface area contributed by atoms with Crippen LogP contribution >= 0.6 is 39.7 Å². The summed E-state index contributed by atoms with van der Waals surface area (Å²) in [6.45, 7) is 1.58. The maximum Gasteiger partial charge on any atom is 0.469 e. The van der Waals surface area contributed by atoms with Crippen LogP contribution in [-0.2, 0) is 9.09 Å². The van der Waals surface area contributed by atoms with Crippen LogP contribution in [0.25, 0.3) is 0 Å². The SMILES string of the molecule is CC(OP(=O)(O)O)C(Br)CBr. The average molecular weight is 312 g/mol. The zero-order valence-corrected chi connectivity index (χ0v) is 9.84. The molecule has 2 unspecified atom stereocenters. The fourth-order valence-electron chi connectivity index (χ4n) is 0.408. The third-order valence-electron chi connectivity index (χ3n) is 0.960. The summed E-state index contributed by atoms with van der Waals surface area (Å²) < 4.78 is 14.7. The number of phosphoric acid groups is 1. The van der Waals surface area contributed by atoms with E-state index in [0.717, 1.165) is 0 Å². The van der Waals surface area contributed by atoms with Crippen molar-refractivity contribution in [2.75, 3.05) is 5.33 Å². The lowest BCUT2D eigenvalue weighted by molar-refractivity contribution is 0.147. The molecule has 0 aromatic carbocycles. The summed E-state index contributed by atoms with van der Waals surface area (Å²) in [6, 6.07) is 0.